The number of phenolic OH excluding ortho intramolecular Hbond substituents is 1. The Labute approximate surface area is 185 Å². The van der Waals surface area contributed by atoms with Gasteiger partial charge in [0, 0.05) is 5.02 Å². The molecule has 29 heavy (non-hydrogen) atoms. The van der Waals surface area contributed by atoms with Crippen LogP contribution < -0.4 is 15.0 Å². The number of imide groups is 2. The summed E-state index contributed by atoms with van der Waals surface area (Å²) in [4.78, 5) is 38.6. The van der Waals surface area contributed by atoms with E-state index in [4.69, 9.17) is 16.3 Å². The lowest BCUT2D eigenvalue weighted by molar-refractivity contribution is -0.122. The average molecular weight is 527 g/mol. The van der Waals surface area contributed by atoms with Gasteiger partial charge in [-0.3, -0.25) is 14.9 Å². The van der Waals surface area contributed by atoms with E-state index in [-0.39, 0.29) is 22.8 Å². The van der Waals surface area contributed by atoms with Crippen molar-refractivity contribution in [3.8, 4) is 11.5 Å². The number of anilines is 1. The number of carbonyl (C=O) groups excluding carboxylic acids is 3. The molecule has 2 aromatic rings. The van der Waals surface area contributed by atoms with Crippen molar-refractivity contribution in [2.45, 2.75) is 13.8 Å². The molecule has 1 aliphatic rings. The monoisotopic (exact) mass is 526 g/mol. The maximum absolute atomic E-state index is 13.0. The first-order valence-electron chi connectivity index (χ1n) is 8.56. The maximum atomic E-state index is 13.0. The Morgan fingerprint density at radius 3 is 2.69 bits per heavy atom. The van der Waals surface area contributed by atoms with Crippen LogP contribution in [0.25, 0.3) is 6.08 Å². The molecule has 0 spiro atoms. The lowest BCUT2D eigenvalue weighted by atomic mass is 10.1. The normalized spacial score (nSPS) is 15.7. The van der Waals surface area contributed by atoms with Crippen molar-refractivity contribution in [3.63, 3.8) is 0 Å². The first-order valence-corrected chi connectivity index (χ1v) is 10.0. The van der Waals surface area contributed by atoms with Gasteiger partial charge in [0.1, 0.15) is 5.57 Å². The Hall–Kier alpha value is -2.59. The number of benzene rings is 2. The highest BCUT2D eigenvalue weighted by molar-refractivity contribution is 14.1. The third kappa shape index (κ3) is 4.08. The number of ether oxygens (including phenoxy) is 1. The first kappa shape index (κ1) is 21.1. The van der Waals surface area contributed by atoms with Crippen LogP contribution in [0.3, 0.4) is 0 Å². The molecule has 3 rings (SSSR count). The Morgan fingerprint density at radius 1 is 1.28 bits per heavy atom. The van der Waals surface area contributed by atoms with Gasteiger partial charge >= 0.3 is 6.03 Å². The molecule has 2 N–H and O–H groups in total. The quantitative estimate of drug-likeness (QED) is 0.356. The number of halogens is 2. The topological polar surface area (TPSA) is 95.9 Å². The highest BCUT2D eigenvalue weighted by atomic mass is 127. The van der Waals surface area contributed by atoms with E-state index in [1.54, 1.807) is 38.1 Å². The predicted molar refractivity (Wildman–Crippen MR) is 117 cm³/mol. The lowest BCUT2D eigenvalue weighted by Crippen LogP contribution is -2.54. The largest absolute Gasteiger partial charge is 0.504 e. The van der Waals surface area contributed by atoms with Gasteiger partial charge in [-0.1, -0.05) is 17.7 Å². The molecule has 0 radical (unpaired) electrons. The minimum atomic E-state index is -0.849. The molecule has 0 saturated carbocycles. The third-order valence-electron chi connectivity index (χ3n) is 4.24. The SMILES string of the molecule is CCOc1cc(/C=C2\C(=O)NC(=O)N(c3cccc(Cl)c3C)C2=O)cc(I)c1O. The van der Waals surface area contributed by atoms with Gasteiger partial charge in [-0.05, 0) is 77.9 Å². The zero-order chi connectivity index (χ0) is 21.3. The summed E-state index contributed by atoms with van der Waals surface area (Å²) in [6.45, 7) is 3.78. The Morgan fingerprint density at radius 2 is 2.00 bits per heavy atom. The summed E-state index contributed by atoms with van der Waals surface area (Å²) >= 11 is 8.03. The number of hydrogen-bond donors (Lipinski definition) is 2. The molecule has 150 valence electrons. The van der Waals surface area contributed by atoms with Crippen LogP contribution in [-0.4, -0.2) is 29.6 Å². The number of nitrogens with one attached hydrogen (secondary N) is 1. The van der Waals surface area contributed by atoms with E-state index in [0.29, 0.717) is 26.3 Å². The minimum absolute atomic E-state index is 0.0274. The highest BCUT2D eigenvalue weighted by Crippen LogP contribution is 2.34. The van der Waals surface area contributed by atoms with Crippen LogP contribution in [0.5, 0.6) is 11.5 Å². The average Bonchev–Trinajstić information content (AvgIpc) is 2.66. The van der Waals surface area contributed by atoms with Gasteiger partial charge in [0.2, 0.25) is 0 Å². The lowest BCUT2D eigenvalue weighted by Gasteiger charge is -2.27. The summed E-state index contributed by atoms with van der Waals surface area (Å²) in [5.41, 5.74) is 1.05. The van der Waals surface area contributed by atoms with E-state index in [0.717, 1.165) is 4.90 Å². The molecule has 2 aromatic carbocycles. The van der Waals surface area contributed by atoms with Gasteiger partial charge in [-0.15, -0.1) is 0 Å². The van der Waals surface area contributed by atoms with Gasteiger partial charge in [0.05, 0.1) is 15.9 Å². The zero-order valence-electron chi connectivity index (χ0n) is 15.5. The molecule has 0 aliphatic carbocycles. The first-order chi connectivity index (χ1) is 13.7. The number of carbonyl (C=O) groups is 3. The van der Waals surface area contributed by atoms with E-state index < -0.39 is 17.8 Å². The van der Waals surface area contributed by atoms with Gasteiger partial charge in [-0.25, -0.2) is 9.69 Å². The van der Waals surface area contributed by atoms with E-state index in [1.807, 2.05) is 22.6 Å². The number of nitrogens with zero attached hydrogens (tertiary/aromatic N) is 1. The van der Waals surface area contributed by atoms with Gasteiger partial charge in [0.25, 0.3) is 11.8 Å². The molecule has 7 nitrogen and oxygen atoms in total. The molecule has 9 heteroatoms. The molecule has 1 saturated heterocycles. The molecule has 0 bridgehead atoms. The van der Waals surface area contributed by atoms with Crippen molar-refractivity contribution < 1.29 is 24.2 Å². The fourth-order valence-corrected chi connectivity index (χ4v) is 3.62. The number of amides is 4. The number of aromatic hydroxyl groups is 1. The standard InChI is InChI=1S/C20H16ClIN2O5/c1-3-29-16-9-11(8-14(22)17(16)25)7-12-18(26)23-20(28)24(19(12)27)15-6-4-5-13(21)10(15)2/h4-9,25H,3H2,1-2H3,(H,23,26,28)/b12-7+. The summed E-state index contributed by atoms with van der Waals surface area (Å²) in [5, 5.41) is 12.6. The number of barbiturate groups is 1. The summed E-state index contributed by atoms with van der Waals surface area (Å²) in [5.74, 6) is -1.38. The second-order valence-electron chi connectivity index (χ2n) is 6.12. The van der Waals surface area contributed by atoms with Gasteiger partial charge < -0.3 is 9.84 Å². The van der Waals surface area contributed by atoms with Crippen LogP contribution in [0, 0.1) is 10.5 Å². The van der Waals surface area contributed by atoms with E-state index >= 15 is 0 Å². The fourth-order valence-electron chi connectivity index (χ4n) is 2.82. The zero-order valence-corrected chi connectivity index (χ0v) is 18.4. The molecule has 1 aliphatic heterocycles. The van der Waals surface area contributed by atoms with Crippen molar-refractivity contribution in [1.29, 1.82) is 0 Å². The summed E-state index contributed by atoms with van der Waals surface area (Å²) < 4.78 is 5.88. The van der Waals surface area contributed by atoms with Crippen LogP contribution in [0.15, 0.2) is 35.9 Å². The molecular weight excluding hydrogens is 511 g/mol. The molecule has 1 heterocycles. The number of urea groups is 1. The molecule has 0 aromatic heterocycles. The van der Waals surface area contributed by atoms with Crippen LogP contribution in [-0.2, 0) is 9.59 Å². The van der Waals surface area contributed by atoms with Gasteiger partial charge in [-0.2, -0.15) is 0 Å². The van der Waals surface area contributed by atoms with Crippen molar-refractivity contribution in [3.05, 3.63) is 55.6 Å². The van der Waals surface area contributed by atoms with Crippen molar-refractivity contribution >= 4 is 63.8 Å². The molecular formula is C20H16ClIN2O5. The van der Waals surface area contributed by atoms with Gasteiger partial charge in [0.15, 0.2) is 11.5 Å². The molecule has 1 fully saturated rings. The smallest absolute Gasteiger partial charge is 0.335 e. The highest BCUT2D eigenvalue weighted by Gasteiger charge is 2.37. The molecule has 0 atom stereocenters. The Balaban J connectivity index is 2.08. The van der Waals surface area contributed by atoms with Crippen LogP contribution in [0.1, 0.15) is 18.1 Å². The van der Waals surface area contributed by atoms with E-state index in [1.165, 1.54) is 12.1 Å². The third-order valence-corrected chi connectivity index (χ3v) is 5.48. The van der Waals surface area contributed by atoms with Crippen LogP contribution in [0.4, 0.5) is 10.5 Å². The summed E-state index contributed by atoms with van der Waals surface area (Å²) in [6, 6.07) is 7.09. The molecule has 4 amide bonds. The van der Waals surface area contributed by atoms with Crippen LogP contribution >= 0.6 is 34.2 Å². The summed E-state index contributed by atoms with van der Waals surface area (Å²) in [7, 11) is 0. The predicted octanol–water partition coefficient (Wildman–Crippen LogP) is 4.02. The Bertz CT molecular complexity index is 1070. The second-order valence-corrected chi connectivity index (χ2v) is 7.69. The number of rotatable bonds is 4. The summed E-state index contributed by atoms with van der Waals surface area (Å²) in [6.07, 6.45) is 1.35. The number of hydrogen-bond acceptors (Lipinski definition) is 5. The van der Waals surface area contributed by atoms with Crippen molar-refractivity contribution in [1.82, 2.24) is 5.32 Å². The van der Waals surface area contributed by atoms with E-state index in [2.05, 4.69) is 5.32 Å². The van der Waals surface area contributed by atoms with E-state index in [9.17, 15) is 19.5 Å². The maximum Gasteiger partial charge on any atom is 0.335 e. The minimum Gasteiger partial charge on any atom is -0.504 e. The fraction of sp³-hybridized carbons (Fsp3) is 0.150. The van der Waals surface area contributed by atoms with Crippen molar-refractivity contribution in [2.24, 2.45) is 0 Å². The molecule has 0 unspecified atom stereocenters. The van der Waals surface area contributed by atoms with Crippen molar-refractivity contribution in [2.75, 3.05) is 11.5 Å². The van der Waals surface area contributed by atoms with Crippen LogP contribution in [0.2, 0.25) is 5.02 Å². The number of phenols is 1. The Kier molecular flexibility index (Phi) is 6.13. The second kappa shape index (κ2) is 8.42.